The summed E-state index contributed by atoms with van der Waals surface area (Å²) in [7, 11) is 0. The number of benzene rings is 1. The molecule has 3 nitrogen and oxygen atoms in total. The molecule has 0 spiro atoms. The molecule has 1 aliphatic rings. The van der Waals surface area contributed by atoms with Gasteiger partial charge in [0.15, 0.2) is 0 Å². The Labute approximate surface area is 81.1 Å². The fourth-order valence-corrected chi connectivity index (χ4v) is 1.63. The molecule has 0 saturated heterocycles. The van der Waals surface area contributed by atoms with E-state index in [9.17, 15) is 9.18 Å². The molecule has 1 aromatic rings. The van der Waals surface area contributed by atoms with E-state index in [0.717, 1.165) is 5.56 Å². The first-order valence-corrected chi connectivity index (χ1v) is 4.50. The van der Waals surface area contributed by atoms with E-state index in [1.807, 2.05) is 0 Å². The first-order chi connectivity index (χ1) is 6.70. The highest BCUT2D eigenvalue weighted by Crippen LogP contribution is 2.25. The minimum absolute atomic E-state index is 0.120. The number of hydrogen-bond acceptors (Lipinski definition) is 2. The molecule has 1 atom stereocenters. The number of hydrogen-bond donors (Lipinski definition) is 2. The SMILES string of the molecule is NCC1Cc2ccc(F)cc2NC1=O. The van der Waals surface area contributed by atoms with Crippen molar-refractivity contribution in [2.75, 3.05) is 11.9 Å². The van der Waals surface area contributed by atoms with Crippen LogP contribution in [0.5, 0.6) is 0 Å². The Hall–Kier alpha value is -1.42. The summed E-state index contributed by atoms with van der Waals surface area (Å²) in [6, 6.07) is 4.41. The molecule has 0 saturated carbocycles. The quantitative estimate of drug-likeness (QED) is 0.697. The van der Waals surface area contributed by atoms with Gasteiger partial charge in [0.1, 0.15) is 5.82 Å². The third-order valence-corrected chi connectivity index (χ3v) is 2.45. The fraction of sp³-hybridized carbons (Fsp3) is 0.300. The molecular formula is C10H11FN2O. The summed E-state index contributed by atoms with van der Waals surface area (Å²) in [5, 5.41) is 2.64. The maximum Gasteiger partial charge on any atom is 0.229 e. The van der Waals surface area contributed by atoms with Crippen molar-refractivity contribution in [3.8, 4) is 0 Å². The van der Waals surface area contributed by atoms with Crippen molar-refractivity contribution in [2.24, 2.45) is 11.7 Å². The molecule has 0 aliphatic carbocycles. The zero-order valence-electron chi connectivity index (χ0n) is 7.59. The number of anilines is 1. The lowest BCUT2D eigenvalue weighted by molar-refractivity contribution is -0.119. The van der Waals surface area contributed by atoms with Gasteiger partial charge in [0.05, 0.1) is 5.92 Å². The summed E-state index contributed by atoms with van der Waals surface area (Å²) < 4.78 is 12.8. The second-order valence-corrected chi connectivity index (χ2v) is 3.43. The van der Waals surface area contributed by atoms with Crippen molar-refractivity contribution in [3.63, 3.8) is 0 Å². The second-order valence-electron chi connectivity index (χ2n) is 3.43. The molecule has 1 unspecified atom stereocenters. The Morgan fingerprint density at radius 2 is 2.36 bits per heavy atom. The van der Waals surface area contributed by atoms with Crippen LogP contribution in [0, 0.1) is 11.7 Å². The van der Waals surface area contributed by atoms with E-state index in [-0.39, 0.29) is 17.6 Å². The van der Waals surface area contributed by atoms with Crippen molar-refractivity contribution < 1.29 is 9.18 Å². The standard InChI is InChI=1S/C10H11FN2O/c11-8-2-1-6-3-7(5-12)10(14)13-9(6)4-8/h1-2,4,7H,3,5,12H2,(H,13,14). The van der Waals surface area contributed by atoms with Crippen LogP contribution < -0.4 is 11.1 Å². The number of nitrogens with one attached hydrogen (secondary N) is 1. The highest BCUT2D eigenvalue weighted by atomic mass is 19.1. The molecule has 14 heavy (non-hydrogen) atoms. The van der Waals surface area contributed by atoms with Gasteiger partial charge in [-0.3, -0.25) is 4.79 Å². The van der Waals surface area contributed by atoms with Crippen LogP contribution in [-0.4, -0.2) is 12.5 Å². The van der Waals surface area contributed by atoms with Gasteiger partial charge < -0.3 is 11.1 Å². The average molecular weight is 194 g/mol. The number of halogens is 1. The minimum atomic E-state index is -0.338. The molecule has 1 heterocycles. The van der Waals surface area contributed by atoms with E-state index in [4.69, 9.17) is 5.73 Å². The maximum absolute atomic E-state index is 12.8. The average Bonchev–Trinajstić information content (AvgIpc) is 2.16. The van der Waals surface area contributed by atoms with Crippen LogP contribution >= 0.6 is 0 Å². The molecular weight excluding hydrogens is 183 g/mol. The largest absolute Gasteiger partial charge is 0.330 e. The Morgan fingerprint density at radius 3 is 3.07 bits per heavy atom. The van der Waals surface area contributed by atoms with Gasteiger partial charge in [-0.25, -0.2) is 4.39 Å². The van der Waals surface area contributed by atoms with Gasteiger partial charge in [0.2, 0.25) is 5.91 Å². The van der Waals surface area contributed by atoms with Gasteiger partial charge in [-0.2, -0.15) is 0 Å². The third-order valence-electron chi connectivity index (χ3n) is 2.45. The second kappa shape index (κ2) is 3.38. The predicted octanol–water partition coefficient (Wildman–Crippen LogP) is 0.895. The van der Waals surface area contributed by atoms with Crippen LogP contribution in [0.15, 0.2) is 18.2 Å². The van der Waals surface area contributed by atoms with Crippen molar-refractivity contribution in [1.82, 2.24) is 0 Å². The van der Waals surface area contributed by atoms with Crippen molar-refractivity contribution in [1.29, 1.82) is 0 Å². The minimum Gasteiger partial charge on any atom is -0.330 e. The molecule has 0 bridgehead atoms. The number of fused-ring (bicyclic) bond motifs is 1. The van der Waals surface area contributed by atoms with Crippen LogP contribution in [0.1, 0.15) is 5.56 Å². The molecule has 0 aromatic heterocycles. The van der Waals surface area contributed by atoms with E-state index >= 15 is 0 Å². The summed E-state index contributed by atoms with van der Waals surface area (Å²) in [5.41, 5.74) is 6.96. The van der Waals surface area contributed by atoms with E-state index < -0.39 is 0 Å². The Balaban J connectivity index is 2.35. The van der Waals surface area contributed by atoms with Gasteiger partial charge >= 0.3 is 0 Å². The van der Waals surface area contributed by atoms with Gasteiger partial charge in [0.25, 0.3) is 0 Å². The lowest BCUT2D eigenvalue weighted by Crippen LogP contribution is -2.34. The topological polar surface area (TPSA) is 55.1 Å². The zero-order valence-corrected chi connectivity index (χ0v) is 7.59. The summed E-state index contributed by atoms with van der Waals surface area (Å²) in [4.78, 5) is 11.4. The van der Waals surface area contributed by atoms with E-state index in [0.29, 0.717) is 18.7 Å². The van der Waals surface area contributed by atoms with Crippen molar-refractivity contribution in [3.05, 3.63) is 29.6 Å². The Morgan fingerprint density at radius 1 is 1.57 bits per heavy atom. The molecule has 3 N–H and O–H groups in total. The highest BCUT2D eigenvalue weighted by Gasteiger charge is 2.24. The Kier molecular flexibility index (Phi) is 2.21. The van der Waals surface area contributed by atoms with Crippen LogP contribution in [0.2, 0.25) is 0 Å². The first-order valence-electron chi connectivity index (χ1n) is 4.50. The van der Waals surface area contributed by atoms with Gasteiger partial charge in [0, 0.05) is 12.2 Å². The van der Waals surface area contributed by atoms with Gasteiger partial charge in [-0.1, -0.05) is 6.07 Å². The van der Waals surface area contributed by atoms with Crippen molar-refractivity contribution >= 4 is 11.6 Å². The fourth-order valence-electron chi connectivity index (χ4n) is 1.63. The van der Waals surface area contributed by atoms with Crippen LogP contribution in [0.25, 0.3) is 0 Å². The summed E-state index contributed by atoms with van der Waals surface area (Å²) >= 11 is 0. The number of rotatable bonds is 1. The first kappa shape index (κ1) is 9.15. The molecule has 0 radical (unpaired) electrons. The highest BCUT2D eigenvalue weighted by molar-refractivity contribution is 5.95. The van der Waals surface area contributed by atoms with Gasteiger partial charge in [-0.05, 0) is 24.1 Å². The summed E-state index contributed by atoms with van der Waals surface area (Å²) in [6.07, 6.45) is 0.595. The maximum atomic E-state index is 12.8. The molecule has 1 aromatic carbocycles. The zero-order chi connectivity index (χ0) is 10.1. The summed E-state index contributed by atoms with van der Waals surface area (Å²) in [6.45, 7) is 0.322. The number of carbonyl (C=O) groups excluding carboxylic acids is 1. The Bertz CT molecular complexity index is 378. The molecule has 0 fully saturated rings. The van der Waals surface area contributed by atoms with Crippen LogP contribution in [0.4, 0.5) is 10.1 Å². The van der Waals surface area contributed by atoms with Gasteiger partial charge in [-0.15, -0.1) is 0 Å². The smallest absolute Gasteiger partial charge is 0.229 e. The third kappa shape index (κ3) is 1.48. The van der Waals surface area contributed by atoms with Crippen LogP contribution in [0.3, 0.4) is 0 Å². The van der Waals surface area contributed by atoms with E-state index in [1.165, 1.54) is 12.1 Å². The molecule has 1 aliphatic heterocycles. The number of carbonyl (C=O) groups is 1. The molecule has 4 heteroatoms. The monoisotopic (exact) mass is 194 g/mol. The predicted molar refractivity (Wildman–Crippen MR) is 51.3 cm³/mol. The normalized spacial score (nSPS) is 20.1. The van der Waals surface area contributed by atoms with Crippen molar-refractivity contribution in [2.45, 2.75) is 6.42 Å². The molecule has 1 amide bonds. The van der Waals surface area contributed by atoms with E-state index in [1.54, 1.807) is 6.07 Å². The molecule has 2 rings (SSSR count). The number of amides is 1. The van der Waals surface area contributed by atoms with E-state index in [2.05, 4.69) is 5.32 Å². The number of nitrogens with two attached hydrogens (primary N) is 1. The lowest BCUT2D eigenvalue weighted by Gasteiger charge is -2.23. The molecule has 74 valence electrons. The van der Waals surface area contributed by atoms with Crippen LogP contribution in [-0.2, 0) is 11.2 Å². The lowest BCUT2D eigenvalue weighted by atomic mass is 9.93. The summed E-state index contributed by atoms with van der Waals surface area (Å²) in [5.74, 6) is -0.645.